The van der Waals surface area contributed by atoms with Crippen LogP contribution in [0.3, 0.4) is 0 Å². The van der Waals surface area contributed by atoms with Gasteiger partial charge in [0.1, 0.15) is 29.7 Å². The van der Waals surface area contributed by atoms with E-state index < -0.39 is 0 Å². The van der Waals surface area contributed by atoms with Gasteiger partial charge in [0, 0.05) is 31.1 Å². The Morgan fingerprint density at radius 1 is 1.04 bits per heavy atom. The Morgan fingerprint density at radius 3 is 2.29 bits per heavy atom. The van der Waals surface area contributed by atoms with E-state index in [0.29, 0.717) is 29.4 Å². The van der Waals surface area contributed by atoms with E-state index in [2.05, 4.69) is 4.98 Å². The van der Waals surface area contributed by atoms with Crippen molar-refractivity contribution in [3.63, 3.8) is 0 Å². The minimum absolute atomic E-state index is 0.0996. The molecule has 6 nitrogen and oxygen atoms in total. The highest BCUT2D eigenvalue weighted by Crippen LogP contribution is 2.23. The van der Waals surface area contributed by atoms with Crippen LogP contribution in [0.1, 0.15) is 21.7 Å². The monoisotopic (exact) mass is 378 g/mol. The van der Waals surface area contributed by atoms with Gasteiger partial charge in [-0.2, -0.15) is 0 Å². The maximum atomic E-state index is 12.4. The average Bonchev–Trinajstić information content (AvgIpc) is 3.15. The highest BCUT2D eigenvalue weighted by atomic mass is 16.5. The number of rotatable bonds is 8. The third-order valence-electron chi connectivity index (χ3n) is 4.23. The molecule has 1 aromatic heterocycles. The smallest absolute Gasteiger partial charge is 0.185 e. The number of carbonyl (C=O) groups is 1. The zero-order chi connectivity index (χ0) is 19.9. The summed E-state index contributed by atoms with van der Waals surface area (Å²) in [6, 6.07) is 12.5. The molecule has 1 heterocycles. The maximum absolute atomic E-state index is 12.4. The molecule has 0 fully saturated rings. The Labute approximate surface area is 164 Å². The lowest BCUT2D eigenvalue weighted by atomic mass is 10.1. The van der Waals surface area contributed by atoms with Crippen LogP contribution in [0.15, 0.2) is 60.9 Å². The SMILES string of the molecule is COc1cc(C=CC(=O)c2ccc(OCc3nccn3C)cc2)cc(OC)c1. The number of ketones is 1. The van der Waals surface area contributed by atoms with E-state index >= 15 is 0 Å². The van der Waals surface area contributed by atoms with Gasteiger partial charge in [0.05, 0.1) is 14.2 Å². The molecule has 6 heteroatoms. The number of aromatic nitrogens is 2. The van der Waals surface area contributed by atoms with Crippen LogP contribution in [0.4, 0.5) is 0 Å². The van der Waals surface area contributed by atoms with Gasteiger partial charge in [0.25, 0.3) is 0 Å². The largest absolute Gasteiger partial charge is 0.497 e. The molecule has 0 aliphatic rings. The quantitative estimate of drug-likeness (QED) is 0.439. The molecule has 0 aliphatic carbocycles. The van der Waals surface area contributed by atoms with E-state index in [4.69, 9.17) is 14.2 Å². The summed E-state index contributed by atoms with van der Waals surface area (Å²) < 4.78 is 18.1. The van der Waals surface area contributed by atoms with Crippen molar-refractivity contribution in [3.8, 4) is 17.2 Å². The first-order valence-corrected chi connectivity index (χ1v) is 8.73. The van der Waals surface area contributed by atoms with E-state index in [9.17, 15) is 4.79 Å². The summed E-state index contributed by atoms with van der Waals surface area (Å²) in [6.45, 7) is 0.369. The number of benzene rings is 2. The van der Waals surface area contributed by atoms with E-state index in [1.54, 1.807) is 56.8 Å². The number of imidazole rings is 1. The molecule has 0 spiro atoms. The molecule has 0 N–H and O–H groups in total. The Morgan fingerprint density at radius 2 is 1.71 bits per heavy atom. The summed E-state index contributed by atoms with van der Waals surface area (Å²) in [7, 11) is 5.09. The number of hydrogen-bond donors (Lipinski definition) is 0. The minimum atomic E-state index is -0.0996. The molecular weight excluding hydrogens is 356 g/mol. The number of methoxy groups -OCH3 is 2. The van der Waals surface area contributed by atoms with Crippen molar-refractivity contribution < 1.29 is 19.0 Å². The van der Waals surface area contributed by atoms with Gasteiger partial charge in [-0.25, -0.2) is 4.98 Å². The first-order valence-electron chi connectivity index (χ1n) is 8.73. The van der Waals surface area contributed by atoms with E-state index in [1.807, 2.05) is 29.9 Å². The predicted octanol–water partition coefficient (Wildman–Crippen LogP) is 3.91. The Balaban J connectivity index is 1.64. The highest BCUT2D eigenvalue weighted by Gasteiger charge is 2.05. The van der Waals surface area contributed by atoms with Crippen molar-refractivity contribution in [2.45, 2.75) is 6.61 Å². The zero-order valence-electron chi connectivity index (χ0n) is 16.1. The van der Waals surface area contributed by atoms with Crippen molar-refractivity contribution in [3.05, 3.63) is 77.9 Å². The van der Waals surface area contributed by atoms with Crippen LogP contribution in [0.25, 0.3) is 6.08 Å². The standard InChI is InChI=1S/C22H22N2O4/c1-24-11-10-23-22(24)15-28-18-7-5-17(6-8-18)21(25)9-4-16-12-19(26-2)14-20(13-16)27-3/h4-14H,15H2,1-3H3. The lowest BCUT2D eigenvalue weighted by molar-refractivity contribution is 0.104. The second kappa shape index (κ2) is 8.90. The molecule has 0 unspecified atom stereocenters. The van der Waals surface area contributed by atoms with Gasteiger partial charge in [-0.1, -0.05) is 6.08 Å². The summed E-state index contributed by atoms with van der Waals surface area (Å²) in [5.74, 6) is 2.75. The van der Waals surface area contributed by atoms with Crippen LogP contribution in [-0.4, -0.2) is 29.6 Å². The molecule has 0 aliphatic heterocycles. The van der Waals surface area contributed by atoms with E-state index in [-0.39, 0.29) is 5.78 Å². The van der Waals surface area contributed by atoms with Crippen LogP contribution in [0.2, 0.25) is 0 Å². The van der Waals surface area contributed by atoms with Gasteiger partial charge in [0.2, 0.25) is 0 Å². The Bertz CT molecular complexity index is 952. The maximum Gasteiger partial charge on any atom is 0.185 e. The second-order valence-corrected chi connectivity index (χ2v) is 6.11. The van der Waals surface area contributed by atoms with Crippen molar-refractivity contribution in [1.82, 2.24) is 9.55 Å². The molecule has 2 aromatic carbocycles. The summed E-state index contributed by atoms with van der Waals surface area (Å²) in [5, 5.41) is 0. The first kappa shape index (κ1) is 19.2. The summed E-state index contributed by atoms with van der Waals surface area (Å²) >= 11 is 0. The summed E-state index contributed by atoms with van der Waals surface area (Å²) in [6.07, 6.45) is 6.85. The molecule has 0 saturated heterocycles. The number of ether oxygens (including phenoxy) is 3. The molecule has 3 aromatic rings. The van der Waals surface area contributed by atoms with Gasteiger partial charge in [-0.3, -0.25) is 4.79 Å². The number of allylic oxidation sites excluding steroid dienone is 1. The fourth-order valence-corrected chi connectivity index (χ4v) is 2.59. The van der Waals surface area contributed by atoms with Crippen molar-refractivity contribution in [2.75, 3.05) is 14.2 Å². The van der Waals surface area contributed by atoms with Gasteiger partial charge in [-0.05, 0) is 48.0 Å². The van der Waals surface area contributed by atoms with Crippen LogP contribution in [0, 0.1) is 0 Å². The molecule has 0 atom stereocenters. The van der Waals surface area contributed by atoms with Crippen LogP contribution in [0.5, 0.6) is 17.2 Å². The number of aryl methyl sites for hydroxylation is 1. The fourth-order valence-electron chi connectivity index (χ4n) is 2.59. The second-order valence-electron chi connectivity index (χ2n) is 6.11. The third kappa shape index (κ3) is 4.79. The first-order chi connectivity index (χ1) is 13.6. The molecular formula is C22H22N2O4. The summed E-state index contributed by atoms with van der Waals surface area (Å²) in [4.78, 5) is 16.6. The third-order valence-corrected chi connectivity index (χ3v) is 4.23. The molecule has 0 radical (unpaired) electrons. The van der Waals surface area contributed by atoms with Gasteiger partial charge in [-0.15, -0.1) is 0 Å². The van der Waals surface area contributed by atoms with E-state index in [0.717, 1.165) is 11.4 Å². The van der Waals surface area contributed by atoms with Crippen molar-refractivity contribution in [2.24, 2.45) is 7.05 Å². The zero-order valence-corrected chi connectivity index (χ0v) is 16.1. The normalized spacial score (nSPS) is 10.8. The van der Waals surface area contributed by atoms with Crippen LogP contribution < -0.4 is 14.2 Å². The van der Waals surface area contributed by atoms with Gasteiger partial charge in [0.15, 0.2) is 5.78 Å². The summed E-state index contributed by atoms with van der Waals surface area (Å²) in [5.41, 5.74) is 1.40. The van der Waals surface area contributed by atoms with Crippen LogP contribution >= 0.6 is 0 Å². The number of nitrogens with zero attached hydrogens (tertiary/aromatic N) is 2. The molecule has 144 valence electrons. The van der Waals surface area contributed by atoms with Crippen molar-refractivity contribution >= 4 is 11.9 Å². The van der Waals surface area contributed by atoms with Gasteiger partial charge >= 0.3 is 0 Å². The molecule has 28 heavy (non-hydrogen) atoms. The van der Waals surface area contributed by atoms with Crippen LogP contribution in [-0.2, 0) is 13.7 Å². The number of hydrogen-bond acceptors (Lipinski definition) is 5. The average molecular weight is 378 g/mol. The van der Waals surface area contributed by atoms with Gasteiger partial charge < -0.3 is 18.8 Å². The lowest BCUT2D eigenvalue weighted by Crippen LogP contribution is -2.03. The molecule has 0 amide bonds. The number of carbonyl (C=O) groups excluding carboxylic acids is 1. The topological polar surface area (TPSA) is 62.6 Å². The highest BCUT2D eigenvalue weighted by molar-refractivity contribution is 6.06. The minimum Gasteiger partial charge on any atom is -0.497 e. The predicted molar refractivity (Wildman–Crippen MR) is 107 cm³/mol. The Kier molecular flexibility index (Phi) is 6.11. The molecule has 0 bridgehead atoms. The van der Waals surface area contributed by atoms with E-state index in [1.165, 1.54) is 6.08 Å². The molecule has 3 rings (SSSR count). The van der Waals surface area contributed by atoms with Crippen molar-refractivity contribution in [1.29, 1.82) is 0 Å². The molecule has 0 saturated carbocycles. The fraction of sp³-hybridized carbons (Fsp3) is 0.182. The lowest BCUT2D eigenvalue weighted by Gasteiger charge is -2.07. The Hall–Kier alpha value is -3.54.